The van der Waals surface area contributed by atoms with Crippen LogP contribution in [0.4, 0.5) is 4.39 Å². The minimum absolute atomic E-state index is 0.0394. The van der Waals surface area contributed by atoms with Gasteiger partial charge >= 0.3 is 5.97 Å². The Kier molecular flexibility index (Phi) is 8.20. The molecule has 9 heteroatoms. The number of methoxy groups -OCH3 is 2. The number of likely N-dealkylation sites (tertiary alicyclic amines) is 1. The molecular weight excluding hydrogens is 465 g/mol. The molecule has 0 N–H and O–H groups in total. The minimum Gasteiger partial charge on any atom is -0.497 e. The third-order valence-electron chi connectivity index (χ3n) is 6.65. The van der Waals surface area contributed by atoms with Crippen molar-refractivity contribution in [2.75, 3.05) is 33.9 Å². The lowest BCUT2D eigenvalue weighted by molar-refractivity contribution is -0.152. The van der Waals surface area contributed by atoms with E-state index in [1.165, 1.54) is 17.1 Å². The zero-order chi connectivity index (χ0) is 25.7. The molecule has 0 bridgehead atoms. The first-order valence-electron chi connectivity index (χ1n) is 12.2. The summed E-state index contributed by atoms with van der Waals surface area (Å²) in [5, 5.41) is 6.18. The van der Waals surface area contributed by atoms with E-state index in [0.29, 0.717) is 43.2 Å². The molecule has 1 fully saturated rings. The highest BCUT2D eigenvalue weighted by Crippen LogP contribution is 2.36. The molecule has 36 heavy (non-hydrogen) atoms. The Bertz CT molecular complexity index is 1120. The van der Waals surface area contributed by atoms with Crippen LogP contribution in [0.1, 0.15) is 49.8 Å². The molecule has 2 heterocycles. The van der Waals surface area contributed by atoms with E-state index in [4.69, 9.17) is 19.3 Å². The molecule has 4 rings (SSSR count). The van der Waals surface area contributed by atoms with Crippen molar-refractivity contribution in [2.45, 2.75) is 44.7 Å². The van der Waals surface area contributed by atoms with Gasteiger partial charge in [0.2, 0.25) is 0 Å². The van der Waals surface area contributed by atoms with Crippen LogP contribution in [0.25, 0.3) is 0 Å². The summed E-state index contributed by atoms with van der Waals surface area (Å²) in [6.45, 7) is 2.75. The summed E-state index contributed by atoms with van der Waals surface area (Å²) in [7, 11) is 3.15. The minimum atomic E-state index is -0.445. The van der Waals surface area contributed by atoms with Crippen molar-refractivity contribution in [1.29, 1.82) is 0 Å². The first-order chi connectivity index (χ1) is 17.4. The second kappa shape index (κ2) is 11.5. The molecule has 0 radical (unpaired) electrons. The molecule has 1 saturated heterocycles. The number of halogens is 1. The van der Waals surface area contributed by atoms with Gasteiger partial charge in [0, 0.05) is 18.1 Å². The van der Waals surface area contributed by atoms with Gasteiger partial charge < -0.3 is 14.2 Å². The lowest BCUT2D eigenvalue weighted by Gasteiger charge is -2.34. The van der Waals surface area contributed by atoms with E-state index in [1.807, 2.05) is 17.0 Å². The Morgan fingerprint density at radius 3 is 2.56 bits per heavy atom. The summed E-state index contributed by atoms with van der Waals surface area (Å²) in [5.74, 6) is 0.348. The smallest absolute Gasteiger partial charge is 0.323 e. The van der Waals surface area contributed by atoms with Crippen LogP contribution >= 0.6 is 0 Å². The van der Waals surface area contributed by atoms with Crippen molar-refractivity contribution < 1.29 is 28.2 Å². The first kappa shape index (κ1) is 25.6. The van der Waals surface area contributed by atoms with E-state index in [1.54, 1.807) is 39.3 Å². The summed E-state index contributed by atoms with van der Waals surface area (Å²) >= 11 is 0. The highest BCUT2D eigenvalue weighted by Gasteiger charge is 2.37. The molecule has 2 aliphatic heterocycles. The summed E-state index contributed by atoms with van der Waals surface area (Å²) in [6, 6.07) is 10.7. The maximum Gasteiger partial charge on any atom is 0.323 e. The maximum absolute atomic E-state index is 13.6. The fourth-order valence-electron chi connectivity index (χ4n) is 4.82. The topological polar surface area (TPSA) is 80.7 Å². The fraction of sp³-hybridized carbons (Fsp3) is 0.444. The second-order valence-electron chi connectivity index (χ2n) is 8.86. The largest absolute Gasteiger partial charge is 0.497 e. The number of piperidine rings is 1. The van der Waals surface area contributed by atoms with Crippen LogP contribution in [0.5, 0.6) is 11.5 Å². The van der Waals surface area contributed by atoms with E-state index in [2.05, 4.69) is 0 Å². The van der Waals surface area contributed by atoms with Gasteiger partial charge in [-0.1, -0.05) is 18.6 Å². The van der Waals surface area contributed by atoms with Crippen molar-refractivity contribution in [2.24, 2.45) is 5.10 Å². The number of rotatable bonds is 8. The molecular formula is C27H32FN3O5. The third kappa shape index (κ3) is 5.51. The van der Waals surface area contributed by atoms with Gasteiger partial charge in [-0.25, -0.2) is 9.40 Å². The number of carbonyl (C=O) groups excluding carboxylic acids is 2. The van der Waals surface area contributed by atoms with E-state index < -0.39 is 12.1 Å². The summed E-state index contributed by atoms with van der Waals surface area (Å²) in [5.41, 5.74) is 2.21. The van der Waals surface area contributed by atoms with Crippen molar-refractivity contribution in [3.05, 3.63) is 59.4 Å². The van der Waals surface area contributed by atoms with Crippen LogP contribution in [0.15, 0.2) is 47.6 Å². The second-order valence-corrected chi connectivity index (χ2v) is 8.86. The Labute approximate surface area is 210 Å². The van der Waals surface area contributed by atoms with Crippen LogP contribution in [-0.2, 0) is 14.3 Å². The zero-order valence-electron chi connectivity index (χ0n) is 20.9. The molecule has 2 aromatic rings. The van der Waals surface area contributed by atoms with Gasteiger partial charge in [-0.15, -0.1) is 0 Å². The number of benzene rings is 2. The number of carbonyl (C=O) groups is 2. The van der Waals surface area contributed by atoms with Gasteiger partial charge in [0.05, 0.1) is 39.1 Å². The quantitative estimate of drug-likeness (QED) is 0.514. The SMILES string of the molecule is CCOC(=O)[C@@H]1CCCCN1CC(=O)N1N=C(c2ccc(OC)cc2OC)C[C@@H]1c1ccc(F)cc1. The summed E-state index contributed by atoms with van der Waals surface area (Å²) in [6.07, 6.45) is 2.91. The third-order valence-corrected chi connectivity index (χ3v) is 6.65. The molecule has 8 nitrogen and oxygen atoms in total. The Morgan fingerprint density at radius 1 is 1.08 bits per heavy atom. The molecule has 192 valence electrons. The van der Waals surface area contributed by atoms with Gasteiger partial charge in [-0.3, -0.25) is 14.5 Å². The average Bonchev–Trinajstić information content (AvgIpc) is 3.34. The first-order valence-corrected chi connectivity index (χ1v) is 12.2. The van der Waals surface area contributed by atoms with Crippen LogP contribution in [0, 0.1) is 5.82 Å². The van der Waals surface area contributed by atoms with Crippen molar-refractivity contribution in [3.8, 4) is 11.5 Å². The van der Waals surface area contributed by atoms with E-state index in [9.17, 15) is 14.0 Å². The van der Waals surface area contributed by atoms with Gasteiger partial charge in [0.15, 0.2) is 0 Å². The molecule has 0 unspecified atom stereocenters. The Balaban J connectivity index is 1.64. The Hall–Kier alpha value is -3.46. The molecule has 0 saturated carbocycles. The van der Waals surface area contributed by atoms with Crippen LogP contribution < -0.4 is 9.47 Å². The van der Waals surface area contributed by atoms with E-state index in [-0.39, 0.29) is 24.2 Å². The maximum atomic E-state index is 13.6. The Morgan fingerprint density at radius 2 is 1.86 bits per heavy atom. The predicted octanol–water partition coefficient (Wildman–Crippen LogP) is 3.94. The molecule has 0 aliphatic carbocycles. The molecule has 2 atom stereocenters. The highest BCUT2D eigenvalue weighted by molar-refractivity contribution is 6.05. The van der Waals surface area contributed by atoms with Crippen LogP contribution in [-0.4, -0.2) is 67.5 Å². The van der Waals surface area contributed by atoms with Crippen molar-refractivity contribution in [3.63, 3.8) is 0 Å². The highest BCUT2D eigenvalue weighted by atomic mass is 19.1. The number of esters is 1. The van der Waals surface area contributed by atoms with Crippen LogP contribution in [0.3, 0.4) is 0 Å². The predicted molar refractivity (Wildman–Crippen MR) is 133 cm³/mol. The molecule has 0 aromatic heterocycles. The summed E-state index contributed by atoms with van der Waals surface area (Å²) < 4.78 is 29.8. The van der Waals surface area contributed by atoms with E-state index in [0.717, 1.165) is 24.0 Å². The fourth-order valence-corrected chi connectivity index (χ4v) is 4.82. The number of ether oxygens (including phenoxy) is 3. The van der Waals surface area contributed by atoms with Crippen LogP contribution in [0.2, 0.25) is 0 Å². The number of hydrogen-bond donors (Lipinski definition) is 0. The molecule has 0 spiro atoms. The normalized spacial score (nSPS) is 20.1. The van der Waals surface area contributed by atoms with Gasteiger partial charge in [-0.05, 0) is 56.1 Å². The number of hydrazone groups is 1. The summed E-state index contributed by atoms with van der Waals surface area (Å²) in [4.78, 5) is 28.0. The number of amides is 1. The van der Waals surface area contributed by atoms with Gasteiger partial charge in [-0.2, -0.15) is 5.10 Å². The molecule has 1 amide bonds. The monoisotopic (exact) mass is 497 g/mol. The average molecular weight is 498 g/mol. The lowest BCUT2D eigenvalue weighted by Crippen LogP contribution is -2.49. The lowest BCUT2D eigenvalue weighted by atomic mass is 9.97. The standard InChI is InChI=1S/C27H32FN3O5/c1-4-36-27(33)23-7-5-6-14-30(23)17-26(32)31-24(18-8-10-19(28)11-9-18)16-22(29-31)21-13-12-20(34-2)15-25(21)35-3/h8-13,15,23-24H,4-7,14,16-17H2,1-3H3/t23-,24+/m0/s1. The van der Waals surface area contributed by atoms with Gasteiger partial charge in [0.1, 0.15) is 23.4 Å². The zero-order valence-corrected chi connectivity index (χ0v) is 20.9. The molecule has 2 aromatic carbocycles. The number of nitrogens with zero attached hydrogens (tertiary/aromatic N) is 3. The molecule has 2 aliphatic rings. The number of hydrogen-bond acceptors (Lipinski definition) is 7. The van der Waals surface area contributed by atoms with E-state index >= 15 is 0 Å². The van der Waals surface area contributed by atoms with Gasteiger partial charge in [0.25, 0.3) is 5.91 Å². The van der Waals surface area contributed by atoms with Crippen molar-refractivity contribution >= 4 is 17.6 Å². The van der Waals surface area contributed by atoms with Crippen molar-refractivity contribution in [1.82, 2.24) is 9.91 Å².